The van der Waals surface area contributed by atoms with E-state index in [1.807, 2.05) is 5.43 Å². The Labute approximate surface area is 142 Å². The summed E-state index contributed by atoms with van der Waals surface area (Å²) in [5.41, 5.74) is 3.32. The van der Waals surface area contributed by atoms with Crippen molar-refractivity contribution in [3.05, 3.63) is 40.8 Å². The van der Waals surface area contributed by atoms with Gasteiger partial charge in [0, 0.05) is 29.1 Å². The zero-order valence-electron chi connectivity index (χ0n) is 12.6. The van der Waals surface area contributed by atoms with Crippen LogP contribution in [0, 0.1) is 5.82 Å². The molecular formula is C14H10F6N4O2. The minimum absolute atomic E-state index is 0.167. The molecule has 0 spiro atoms. The Morgan fingerprint density at radius 3 is 2.58 bits per heavy atom. The molecule has 0 radical (unpaired) electrons. The van der Waals surface area contributed by atoms with Gasteiger partial charge in [-0.15, -0.1) is 0 Å². The van der Waals surface area contributed by atoms with Gasteiger partial charge in [-0.1, -0.05) is 0 Å². The van der Waals surface area contributed by atoms with Gasteiger partial charge in [0.1, 0.15) is 18.1 Å². The number of nitrogens with zero attached hydrogens (tertiary/aromatic N) is 2. The number of aliphatic imine (C=N–C) groups is 1. The van der Waals surface area contributed by atoms with Crippen molar-refractivity contribution in [3.8, 4) is 0 Å². The molecule has 0 saturated carbocycles. The van der Waals surface area contributed by atoms with Crippen molar-refractivity contribution in [2.24, 2.45) is 15.8 Å². The molecule has 26 heavy (non-hydrogen) atoms. The van der Waals surface area contributed by atoms with Crippen LogP contribution in [-0.4, -0.2) is 31.2 Å². The maximum absolute atomic E-state index is 14.4. The number of hydrazone groups is 1. The molecule has 1 aromatic rings. The van der Waals surface area contributed by atoms with Crippen molar-refractivity contribution < 1.29 is 35.9 Å². The average molecular weight is 380 g/mol. The fourth-order valence-corrected chi connectivity index (χ4v) is 2.08. The van der Waals surface area contributed by atoms with Crippen LogP contribution in [0.25, 0.3) is 5.57 Å². The second-order valence-electron chi connectivity index (χ2n) is 4.80. The number of hydrogen-bond donors (Lipinski definition) is 2. The quantitative estimate of drug-likeness (QED) is 0.478. The lowest BCUT2D eigenvalue weighted by Gasteiger charge is -2.18. The normalized spacial score (nSPS) is 15.9. The van der Waals surface area contributed by atoms with Crippen LogP contribution < -0.4 is 11.2 Å². The Kier molecular flexibility index (Phi) is 5.53. The number of halogens is 6. The minimum atomic E-state index is -5.04. The summed E-state index contributed by atoms with van der Waals surface area (Å²) in [5, 5.41) is 3.49. The van der Waals surface area contributed by atoms with Crippen LogP contribution >= 0.6 is 0 Å². The first kappa shape index (κ1) is 19.3. The van der Waals surface area contributed by atoms with Gasteiger partial charge >= 0.3 is 18.8 Å². The van der Waals surface area contributed by atoms with E-state index >= 15 is 0 Å². The van der Waals surface area contributed by atoms with Gasteiger partial charge in [-0.25, -0.2) is 19.6 Å². The van der Waals surface area contributed by atoms with Gasteiger partial charge in [-0.05, 0) is 12.1 Å². The highest BCUT2D eigenvalue weighted by molar-refractivity contribution is 6.11. The number of hydrogen-bond acceptors (Lipinski definition) is 5. The lowest BCUT2D eigenvalue weighted by Crippen LogP contribution is -2.31. The maximum atomic E-state index is 14.4. The first-order chi connectivity index (χ1) is 12.1. The number of carbonyl (C=O) groups is 1. The summed E-state index contributed by atoms with van der Waals surface area (Å²) in [6.45, 7) is -3.69. The molecule has 140 valence electrons. The number of alkyl halides is 5. The van der Waals surface area contributed by atoms with E-state index in [0.717, 1.165) is 0 Å². The van der Waals surface area contributed by atoms with E-state index < -0.39 is 47.9 Å². The zero-order chi connectivity index (χ0) is 19.5. The lowest BCUT2D eigenvalue weighted by atomic mass is 9.95. The molecule has 0 saturated heterocycles. The van der Waals surface area contributed by atoms with E-state index in [1.165, 1.54) is 0 Å². The van der Waals surface area contributed by atoms with E-state index in [0.29, 0.717) is 24.5 Å². The van der Waals surface area contributed by atoms with Gasteiger partial charge < -0.3 is 10.5 Å². The van der Waals surface area contributed by atoms with Crippen LogP contribution in [0.3, 0.4) is 0 Å². The molecule has 0 atom stereocenters. The monoisotopic (exact) mass is 380 g/mol. The molecule has 1 aromatic carbocycles. The second kappa shape index (κ2) is 7.45. The molecule has 1 heterocycles. The number of carbonyl (C=O) groups excluding carboxylic acids is 1. The van der Waals surface area contributed by atoms with Crippen LogP contribution in [0.5, 0.6) is 0 Å². The number of nitrogens with one attached hydrogen (secondary N) is 1. The van der Waals surface area contributed by atoms with Crippen LogP contribution in [0.2, 0.25) is 0 Å². The van der Waals surface area contributed by atoms with E-state index in [4.69, 9.17) is 5.73 Å². The van der Waals surface area contributed by atoms with Crippen LogP contribution in [0.4, 0.5) is 31.1 Å². The molecule has 0 aromatic heterocycles. The summed E-state index contributed by atoms with van der Waals surface area (Å²) in [6.07, 6.45) is -5.09. The van der Waals surface area contributed by atoms with Crippen molar-refractivity contribution in [2.45, 2.75) is 12.7 Å². The summed E-state index contributed by atoms with van der Waals surface area (Å²) in [6, 6.07) is 1.22. The number of ether oxygens (including phenoxy) is 1. The number of rotatable bonds is 4. The third kappa shape index (κ3) is 4.32. The number of cyclic esters (lactones) is 1. The number of amides is 1. The molecule has 0 bridgehead atoms. The largest absolute Gasteiger partial charge is 0.442 e. The molecule has 6 nitrogen and oxygen atoms in total. The Morgan fingerprint density at radius 1 is 1.38 bits per heavy atom. The second-order valence-corrected chi connectivity index (χ2v) is 4.80. The van der Waals surface area contributed by atoms with Gasteiger partial charge in [-0.2, -0.15) is 27.1 Å². The SMILES string of the molecule is NC=C(C=NC(F)F)c1c(F)cc(C2=NNC(=O)OC2)cc1C(F)(F)F. The average Bonchev–Trinajstić information content (AvgIpc) is 2.55. The Balaban J connectivity index is 2.61. The highest BCUT2D eigenvalue weighted by Crippen LogP contribution is 2.37. The zero-order valence-corrected chi connectivity index (χ0v) is 12.6. The van der Waals surface area contributed by atoms with Crippen LogP contribution in [0.15, 0.2) is 28.4 Å². The Bertz CT molecular complexity index is 801. The van der Waals surface area contributed by atoms with Gasteiger partial charge in [0.15, 0.2) is 0 Å². The minimum Gasteiger partial charge on any atom is -0.442 e. The van der Waals surface area contributed by atoms with E-state index in [2.05, 4.69) is 14.8 Å². The first-order valence-corrected chi connectivity index (χ1v) is 6.77. The Morgan fingerprint density at radius 2 is 2.08 bits per heavy atom. The van der Waals surface area contributed by atoms with Gasteiger partial charge in [-0.3, -0.25) is 0 Å². The van der Waals surface area contributed by atoms with Crippen molar-refractivity contribution in [2.75, 3.05) is 6.61 Å². The highest BCUT2D eigenvalue weighted by atomic mass is 19.4. The summed E-state index contributed by atoms with van der Waals surface area (Å²) >= 11 is 0. The van der Waals surface area contributed by atoms with E-state index in [9.17, 15) is 31.1 Å². The highest BCUT2D eigenvalue weighted by Gasteiger charge is 2.36. The maximum Gasteiger partial charge on any atom is 0.428 e. The molecular weight excluding hydrogens is 370 g/mol. The number of allylic oxidation sites excluding steroid dienone is 1. The summed E-state index contributed by atoms with van der Waals surface area (Å²) in [5.74, 6) is -1.40. The first-order valence-electron chi connectivity index (χ1n) is 6.77. The van der Waals surface area contributed by atoms with Crippen molar-refractivity contribution in [1.82, 2.24) is 5.43 Å². The third-order valence-corrected chi connectivity index (χ3v) is 3.15. The third-order valence-electron chi connectivity index (χ3n) is 3.15. The molecule has 0 aliphatic carbocycles. The van der Waals surface area contributed by atoms with Crippen molar-refractivity contribution in [1.29, 1.82) is 0 Å². The van der Waals surface area contributed by atoms with Crippen molar-refractivity contribution in [3.63, 3.8) is 0 Å². The fraction of sp³-hybridized carbons (Fsp3) is 0.214. The molecule has 12 heteroatoms. The topological polar surface area (TPSA) is 89.1 Å². The molecule has 0 fully saturated rings. The molecule has 2 rings (SSSR count). The van der Waals surface area contributed by atoms with Crippen LogP contribution in [-0.2, 0) is 10.9 Å². The van der Waals surface area contributed by atoms with Crippen LogP contribution in [0.1, 0.15) is 16.7 Å². The predicted molar refractivity (Wildman–Crippen MR) is 79.1 cm³/mol. The van der Waals surface area contributed by atoms with E-state index in [-0.39, 0.29) is 11.3 Å². The summed E-state index contributed by atoms with van der Waals surface area (Å²) in [4.78, 5) is 13.5. The number of benzene rings is 1. The molecule has 3 N–H and O–H groups in total. The lowest BCUT2D eigenvalue weighted by molar-refractivity contribution is -0.138. The van der Waals surface area contributed by atoms with Gasteiger partial charge in [0.2, 0.25) is 0 Å². The fourth-order valence-electron chi connectivity index (χ4n) is 2.08. The molecule has 1 aliphatic rings. The van der Waals surface area contributed by atoms with E-state index in [1.54, 1.807) is 0 Å². The van der Waals surface area contributed by atoms with Crippen molar-refractivity contribution >= 4 is 23.6 Å². The van der Waals surface area contributed by atoms with Gasteiger partial charge in [0.25, 0.3) is 0 Å². The molecule has 0 unspecified atom stereocenters. The summed E-state index contributed by atoms with van der Waals surface area (Å²) in [7, 11) is 0. The molecule has 1 amide bonds. The summed E-state index contributed by atoms with van der Waals surface area (Å²) < 4.78 is 83.4. The standard InChI is InChI=1S/C14H10F6N4O2/c15-9-2-6(10-5-26-13(25)24-23-10)1-8(14(18,19)20)11(9)7(3-21)4-22-12(16)17/h1-4,12H,5,21H2,(H,24,25). The smallest absolute Gasteiger partial charge is 0.428 e. The number of nitrogens with two attached hydrogens (primary N) is 1. The molecule has 1 aliphatic heterocycles. The van der Waals surface area contributed by atoms with Gasteiger partial charge in [0.05, 0.1) is 5.56 Å². The predicted octanol–water partition coefficient (Wildman–Crippen LogP) is 2.88. The Hall–Kier alpha value is -3.05.